The third-order valence-electron chi connectivity index (χ3n) is 6.05. The maximum Gasteiger partial charge on any atom is 0.286 e. The van der Waals surface area contributed by atoms with Crippen molar-refractivity contribution < 1.29 is 14.3 Å². The lowest BCUT2D eigenvalue weighted by Crippen LogP contribution is -2.42. The van der Waals surface area contributed by atoms with Crippen LogP contribution in [0.3, 0.4) is 0 Å². The Morgan fingerprint density at radius 3 is 2.74 bits per heavy atom. The number of carbonyl (C=O) groups is 2. The average molecular weight is 494 g/mol. The number of rotatable bonds is 9. The Morgan fingerprint density at radius 1 is 1.11 bits per heavy atom. The lowest BCUT2D eigenvalue weighted by atomic mass is 10.0. The SMILES string of the molecule is Cc1ccc(OCc2nnc(C(=O)Nc3cccc(C(=O)NCCN4CCCCC4C)c3)s2)cc1. The predicted octanol–water partition coefficient (Wildman–Crippen LogP) is 4.28. The first kappa shape index (κ1) is 24.8. The van der Waals surface area contributed by atoms with Gasteiger partial charge in [-0.1, -0.05) is 41.5 Å². The molecule has 2 aromatic carbocycles. The van der Waals surface area contributed by atoms with Crippen LogP contribution in [-0.2, 0) is 6.61 Å². The molecule has 0 aliphatic carbocycles. The third-order valence-corrected chi connectivity index (χ3v) is 6.95. The van der Waals surface area contributed by atoms with Crippen molar-refractivity contribution in [1.82, 2.24) is 20.4 Å². The topological polar surface area (TPSA) is 96.5 Å². The molecule has 3 aromatic rings. The summed E-state index contributed by atoms with van der Waals surface area (Å²) in [4.78, 5) is 27.7. The van der Waals surface area contributed by atoms with Gasteiger partial charge in [-0.2, -0.15) is 0 Å². The molecule has 35 heavy (non-hydrogen) atoms. The van der Waals surface area contributed by atoms with Gasteiger partial charge in [0.05, 0.1) is 0 Å². The van der Waals surface area contributed by atoms with Crippen LogP contribution >= 0.6 is 11.3 Å². The fraction of sp³-hybridized carbons (Fsp3) is 0.385. The van der Waals surface area contributed by atoms with E-state index in [-0.39, 0.29) is 23.4 Å². The molecule has 1 saturated heterocycles. The van der Waals surface area contributed by atoms with E-state index in [0.29, 0.717) is 28.8 Å². The zero-order valence-electron chi connectivity index (χ0n) is 20.1. The van der Waals surface area contributed by atoms with Crippen molar-refractivity contribution in [2.75, 3.05) is 25.0 Å². The maximum atomic E-state index is 12.6. The van der Waals surface area contributed by atoms with Crippen LogP contribution < -0.4 is 15.4 Å². The van der Waals surface area contributed by atoms with Gasteiger partial charge in [0.15, 0.2) is 5.01 Å². The van der Waals surface area contributed by atoms with E-state index < -0.39 is 0 Å². The zero-order chi connectivity index (χ0) is 24.6. The molecule has 0 spiro atoms. The molecule has 1 aromatic heterocycles. The first-order valence-electron chi connectivity index (χ1n) is 11.9. The molecule has 0 radical (unpaired) electrons. The van der Waals surface area contributed by atoms with Crippen molar-refractivity contribution >= 4 is 28.8 Å². The van der Waals surface area contributed by atoms with E-state index >= 15 is 0 Å². The second-order valence-corrected chi connectivity index (χ2v) is 9.84. The van der Waals surface area contributed by atoms with E-state index in [2.05, 4.69) is 32.7 Å². The van der Waals surface area contributed by atoms with Crippen molar-refractivity contribution in [3.8, 4) is 5.75 Å². The number of aromatic nitrogens is 2. The van der Waals surface area contributed by atoms with E-state index in [9.17, 15) is 9.59 Å². The summed E-state index contributed by atoms with van der Waals surface area (Å²) in [6, 6.07) is 15.2. The molecule has 2 heterocycles. The van der Waals surface area contributed by atoms with Crippen LogP contribution in [0.25, 0.3) is 0 Å². The number of piperidine rings is 1. The summed E-state index contributed by atoms with van der Waals surface area (Å²) in [6.07, 6.45) is 3.71. The van der Waals surface area contributed by atoms with Crippen LogP contribution in [-0.4, -0.2) is 52.6 Å². The number of benzene rings is 2. The van der Waals surface area contributed by atoms with Gasteiger partial charge in [0.25, 0.3) is 11.8 Å². The van der Waals surface area contributed by atoms with Crippen LogP contribution in [0.4, 0.5) is 5.69 Å². The molecule has 0 saturated carbocycles. The highest BCUT2D eigenvalue weighted by Gasteiger charge is 2.18. The molecule has 8 nitrogen and oxygen atoms in total. The molecular formula is C26H31N5O3S. The van der Waals surface area contributed by atoms with Crippen molar-refractivity contribution in [2.24, 2.45) is 0 Å². The number of hydrogen-bond acceptors (Lipinski definition) is 7. The smallest absolute Gasteiger partial charge is 0.286 e. The molecule has 1 unspecified atom stereocenters. The molecule has 4 rings (SSSR count). The summed E-state index contributed by atoms with van der Waals surface area (Å²) in [5.74, 6) is 0.204. The van der Waals surface area contributed by atoms with E-state index in [4.69, 9.17) is 4.74 Å². The molecule has 2 N–H and O–H groups in total. The number of anilines is 1. The molecule has 2 amide bonds. The number of hydrogen-bond donors (Lipinski definition) is 2. The second kappa shape index (κ2) is 11.9. The maximum absolute atomic E-state index is 12.6. The Balaban J connectivity index is 1.27. The first-order chi connectivity index (χ1) is 17.0. The van der Waals surface area contributed by atoms with Gasteiger partial charge in [0, 0.05) is 30.4 Å². The highest BCUT2D eigenvalue weighted by molar-refractivity contribution is 7.13. The first-order valence-corrected chi connectivity index (χ1v) is 12.7. The summed E-state index contributed by atoms with van der Waals surface area (Å²) >= 11 is 1.17. The number of carbonyl (C=O) groups excluding carboxylic acids is 2. The summed E-state index contributed by atoms with van der Waals surface area (Å²) in [5.41, 5.74) is 2.18. The standard InChI is InChI=1S/C26H31N5O3S/c1-18-9-11-22(12-10-18)34-17-23-29-30-26(35-23)25(33)28-21-8-5-7-20(16-21)24(32)27-13-15-31-14-4-3-6-19(31)2/h5,7-12,16,19H,3-4,6,13-15,17H2,1-2H3,(H,27,32)(H,28,33). The fourth-order valence-corrected chi connectivity index (χ4v) is 4.66. The lowest BCUT2D eigenvalue weighted by molar-refractivity contribution is 0.0937. The average Bonchev–Trinajstić information content (AvgIpc) is 3.34. The number of amides is 2. The predicted molar refractivity (Wildman–Crippen MR) is 137 cm³/mol. The molecule has 1 atom stereocenters. The molecule has 1 fully saturated rings. The van der Waals surface area contributed by atoms with E-state index in [1.807, 2.05) is 31.2 Å². The van der Waals surface area contributed by atoms with Crippen molar-refractivity contribution in [3.63, 3.8) is 0 Å². The van der Waals surface area contributed by atoms with Crippen LogP contribution in [0.15, 0.2) is 48.5 Å². The highest BCUT2D eigenvalue weighted by atomic mass is 32.1. The summed E-state index contributed by atoms with van der Waals surface area (Å²) in [7, 11) is 0. The molecule has 1 aliphatic heterocycles. The Labute approximate surface area is 209 Å². The number of ether oxygens (including phenoxy) is 1. The Kier molecular flexibility index (Phi) is 8.44. The highest BCUT2D eigenvalue weighted by Crippen LogP contribution is 2.18. The summed E-state index contributed by atoms with van der Waals surface area (Å²) in [5, 5.41) is 14.7. The van der Waals surface area contributed by atoms with E-state index in [1.54, 1.807) is 24.3 Å². The van der Waals surface area contributed by atoms with Gasteiger partial charge in [-0.25, -0.2) is 0 Å². The number of nitrogens with zero attached hydrogens (tertiary/aromatic N) is 3. The minimum absolute atomic E-state index is 0.155. The van der Waals surface area contributed by atoms with Crippen molar-refractivity contribution in [1.29, 1.82) is 0 Å². The van der Waals surface area contributed by atoms with Crippen LogP contribution in [0.5, 0.6) is 5.75 Å². The minimum atomic E-state index is -0.374. The number of aryl methyl sites for hydroxylation is 1. The van der Waals surface area contributed by atoms with E-state index in [0.717, 1.165) is 24.4 Å². The van der Waals surface area contributed by atoms with Gasteiger partial charge in [-0.3, -0.25) is 14.5 Å². The van der Waals surface area contributed by atoms with Crippen LogP contribution in [0.2, 0.25) is 0 Å². The van der Waals surface area contributed by atoms with E-state index in [1.165, 1.54) is 30.6 Å². The number of likely N-dealkylation sites (tertiary alicyclic amines) is 1. The zero-order valence-corrected chi connectivity index (χ0v) is 20.9. The molecule has 1 aliphatic rings. The Bertz CT molecular complexity index is 1150. The number of nitrogens with one attached hydrogen (secondary N) is 2. The lowest BCUT2D eigenvalue weighted by Gasteiger charge is -2.33. The molecule has 9 heteroatoms. The molecular weight excluding hydrogens is 462 g/mol. The van der Waals surface area contributed by atoms with Gasteiger partial charge in [-0.05, 0) is 63.6 Å². The van der Waals surface area contributed by atoms with Crippen molar-refractivity contribution in [3.05, 3.63) is 69.7 Å². The Hall–Kier alpha value is -3.30. The monoisotopic (exact) mass is 493 g/mol. The normalized spacial score (nSPS) is 16.0. The fourth-order valence-electron chi connectivity index (χ4n) is 4.01. The molecule has 184 valence electrons. The summed E-state index contributed by atoms with van der Waals surface area (Å²) < 4.78 is 5.71. The molecule has 0 bridgehead atoms. The van der Waals surface area contributed by atoms with Gasteiger partial charge in [0.1, 0.15) is 12.4 Å². The van der Waals surface area contributed by atoms with Crippen LogP contribution in [0.1, 0.15) is 56.9 Å². The van der Waals surface area contributed by atoms with Gasteiger partial charge in [0.2, 0.25) is 5.01 Å². The van der Waals surface area contributed by atoms with Crippen molar-refractivity contribution in [2.45, 2.75) is 45.8 Å². The quantitative estimate of drug-likeness (QED) is 0.462. The largest absolute Gasteiger partial charge is 0.486 e. The van der Waals surface area contributed by atoms with Gasteiger partial charge in [-0.15, -0.1) is 10.2 Å². The van der Waals surface area contributed by atoms with Gasteiger partial charge >= 0.3 is 0 Å². The second-order valence-electron chi connectivity index (χ2n) is 8.77. The Morgan fingerprint density at radius 2 is 1.94 bits per heavy atom. The third kappa shape index (κ3) is 7.10. The van der Waals surface area contributed by atoms with Crippen LogP contribution in [0, 0.1) is 6.92 Å². The summed E-state index contributed by atoms with van der Waals surface area (Å²) in [6.45, 7) is 7.02. The van der Waals surface area contributed by atoms with Gasteiger partial charge < -0.3 is 15.4 Å². The minimum Gasteiger partial charge on any atom is -0.486 e.